The number of nitrogens with one attached hydrogen (secondary N) is 2. The summed E-state index contributed by atoms with van der Waals surface area (Å²) in [6.07, 6.45) is 3.82. The van der Waals surface area contributed by atoms with Crippen LogP contribution in [0, 0.1) is 0 Å². The zero-order chi connectivity index (χ0) is 19.6. The van der Waals surface area contributed by atoms with Gasteiger partial charge in [-0.2, -0.15) is 5.10 Å². The minimum atomic E-state index is 0. The first kappa shape index (κ1) is 24.7. The Morgan fingerprint density at radius 1 is 1.21 bits per heavy atom. The van der Waals surface area contributed by atoms with E-state index >= 15 is 0 Å². The molecular weight excluding hydrogens is 487 g/mol. The number of aryl methyl sites for hydroxylation is 1. The molecule has 2 rings (SSSR count). The summed E-state index contributed by atoms with van der Waals surface area (Å²) in [6, 6.07) is 8.25. The summed E-state index contributed by atoms with van der Waals surface area (Å²) < 4.78 is 1.79. The minimum absolute atomic E-state index is 0. The van der Waals surface area contributed by atoms with Gasteiger partial charge < -0.3 is 10.6 Å². The number of hydrogen-bond donors (Lipinski definition) is 2. The molecule has 8 heteroatoms. The van der Waals surface area contributed by atoms with Crippen molar-refractivity contribution in [2.45, 2.75) is 33.4 Å². The van der Waals surface area contributed by atoms with Gasteiger partial charge in [-0.25, -0.2) is 4.99 Å². The Morgan fingerprint density at radius 3 is 2.50 bits per heavy atom. The van der Waals surface area contributed by atoms with Gasteiger partial charge in [0.25, 0.3) is 0 Å². The van der Waals surface area contributed by atoms with E-state index in [0.717, 1.165) is 48.3 Å². The number of guanidine groups is 1. The van der Waals surface area contributed by atoms with E-state index in [1.54, 1.807) is 4.68 Å². The van der Waals surface area contributed by atoms with E-state index in [4.69, 9.17) is 11.6 Å². The fourth-order valence-corrected chi connectivity index (χ4v) is 3.37. The number of aliphatic imine (C=N–C) groups is 1. The molecule has 2 N–H and O–H groups in total. The fourth-order valence-electron chi connectivity index (χ4n) is 3.10. The Bertz CT molecular complexity index is 729. The van der Waals surface area contributed by atoms with Crippen LogP contribution in [0.3, 0.4) is 0 Å². The summed E-state index contributed by atoms with van der Waals surface area (Å²) in [4.78, 5) is 7.09. The number of rotatable bonds is 9. The van der Waals surface area contributed by atoms with Crippen molar-refractivity contribution in [1.82, 2.24) is 25.3 Å². The van der Waals surface area contributed by atoms with Crippen LogP contribution in [0.15, 0.2) is 41.7 Å². The van der Waals surface area contributed by atoms with Gasteiger partial charge in [0.2, 0.25) is 0 Å². The van der Waals surface area contributed by atoms with Crippen molar-refractivity contribution in [1.29, 1.82) is 0 Å². The lowest BCUT2D eigenvalue weighted by Gasteiger charge is -2.31. The van der Waals surface area contributed by atoms with Crippen LogP contribution in [0.2, 0.25) is 5.02 Å². The smallest absolute Gasteiger partial charge is 0.191 e. The third kappa shape index (κ3) is 7.25. The number of hydrogen-bond acceptors (Lipinski definition) is 3. The van der Waals surface area contributed by atoms with Gasteiger partial charge in [-0.15, -0.1) is 24.0 Å². The van der Waals surface area contributed by atoms with Gasteiger partial charge in [0.1, 0.15) is 0 Å². The van der Waals surface area contributed by atoms with Gasteiger partial charge in [-0.1, -0.05) is 43.6 Å². The summed E-state index contributed by atoms with van der Waals surface area (Å²) >= 11 is 6.49. The Balaban J connectivity index is 0.00000392. The molecule has 0 spiro atoms. The largest absolute Gasteiger partial charge is 0.357 e. The Labute approximate surface area is 190 Å². The molecule has 0 aliphatic heterocycles. The molecule has 0 aliphatic rings. The number of nitrogens with zero attached hydrogens (tertiary/aromatic N) is 4. The van der Waals surface area contributed by atoms with Crippen molar-refractivity contribution >= 4 is 41.5 Å². The lowest BCUT2D eigenvalue weighted by molar-refractivity contribution is 0.219. The van der Waals surface area contributed by atoms with E-state index in [9.17, 15) is 0 Å². The zero-order valence-corrected chi connectivity index (χ0v) is 20.2. The average Bonchev–Trinajstić information content (AvgIpc) is 3.09. The number of aromatic nitrogens is 2. The van der Waals surface area contributed by atoms with Crippen molar-refractivity contribution in [3.05, 3.63) is 52.8 Å². The second kappa shape index (κ2) is 13.0. The lowest BCUT2D eigenvalue weighted by Crippen LogP contribution is -2.43. The predicted octanol–water partition coefficient (Wildman–Crippen LogP) is 3.83. The molecule has 0 amide bonds. The average molecular weight is 519 g/mol. The second-order valence-electron chi connectivity index (χ2n) is 6.36. The lowest BCUT2D eigenvalue weighted by atomic mass is 10.0. The van der Waals surface area contributed by atoms with Crippen LogP contribution >= 0.6 is 35.6 Å². The summed E-state index contributed by atoms with van der Waals surface area (Å²) in [7, 11) is 1.91. The van der Waals surface area contributed by atoms with Crippen LogP contribution in [0.25, 0.3) is 0 Å². The molecule has 1 heterocycles. The van der Waals surface area contributed by atoms with Gasteiger partial charge in [0.15, 0.2) is 5.96 Å². The molecule has 0 saturated heterocycles. The Kier molecular flexibility index (Phi) is 11.5. The maximum Gasteiger partial charge on any atom is 0.191 e. The minimum Gasteiger partial charge on any atom is -0.357 e. The fraction of sp³-hybridized carbons (Fsp3) is 0.500. The topological polar surface area (TPSA) is 57.5 Å². The molecule has 1 aromatic carbocycles. The molecule has 28 heavy (non-hydrogen) atoms. The van der Waals surface area contributed by atoms with Gasteiger partial charge in [0, 0.05) is 36.9 Å². The molecule has 1 unspecified atom stereocenters. The van der Waals surface area contributed by atoms with Gasteiger partial charge in [-0.3, -0.25) is 9.58 Å². The van der Waals surface area contributed by atoms with Crippen LogP contribution in [-0.4, -0.2) is 46.8 Å². The molecule has 156 valence electrons. The summed E-state index contributed by atoms with van der Waals surface area (Å²) in [5, 5.41) is 11.8. The van der Waals surface area contributed by atoms with Crippen LogP contribution in [0.5, 0.6) is 0 Å². The Morgan fingerprint density at radius 2 is 1.93 bits per heavy atom. The Hall–Kier alpha value is -1.32. The molecular formula is C20H32ClIN6. The van der Waals surface area contributed by atoms with E-state index in [2.05, 4.69) is 52.5 Å². The van der Waals surface area contributed by atoms with E-state index in [1.807, 2.05) is 37.6 Å². The van der Waals surface area contributed by atoms with E-state index in [1.165, 1.54) is 0 Å². The molecule has 0 saturated carbocycles. The normalized spacial score (nSPS) is 12.6. The van der Waals surface area contributed by atoms with E-state index < -0.39 is 0 Å². The standard InChI is InChI=1S/C20H31ClN6.HI/c1-5-22-20(23-12-16-13-25-26(4)15-16)24-14-19(27(6-2)7-3)17-10-8-9-11-18(17)21;/h8-11,13,15,19H,5-7,12,14H2,1-4H3,(H2,22,23,24);1H. The van der Waals surface area contributed by atoms with Crippen molar-refractivity contribution in [3.8, 4) is 0 Å². The highest BCUT2D eigenvalue weighted by molar-refractivity contribution is 14.0. The van der Waals surface area contributed by atoms with Crippen LogP contribution in [0.4, 0.5) is 0 Å². The maximum absolute atomic E-state index is 6.49. The monoisotopic (exact) mass is 518 g/mol. The molecule has 1 aromatic heterocycles. The molecule has 0 fully saturated rings. The molecule has 0 bridgehead atoms. The molecule has 2 aromatic rings. The van der Waals surface area contributed by atoms with Crippen molar-refractivity contribution < 1.29 is 0 Å². The molecule has 1 atom stereocenters. The van der Waals surface area contributed by atoms with Crippen LogP contribution < -0.4 is 10.6 Å². The van der Waals surface area contributed by atoms with E-state index in [-0.39, 0.29) is 30.0 Å². The van der Waals surface area contributed by atoms with E-state index in [0.29, 0.717) is 6.54 Å². The highest BCUT2D eigenvalue weighted by Gasteiger charge is 2.20. The third-order valence-electron chi connectivity index (χ3n) is 4.50. The second-order valence-corrected chi connectivity index (χ2v) is 6.76. The highest BCUT2D eigenvalue weighted by atomic mass is 127. The highest BCUT2D eigenvalue weighted by Crippen LogP contribution is 2.26. The maximum atomic E-state index is 6.49. The third-order valence-corrected chi connectivity index (χ3v) is 4.85. The van der Waals surface area contributed by atoms with Gasteiger partial charge in [0.05, 0.1) is 18.8 Å². The SMILES string of the molecule is CCNC(=NCc1cnn(C)c1)NCC(c1ccccc1Cl)N(CC)CC.I. The first-order chi connectivity index (χ1) is 13.1. The van der Waals surface area contributed by atoms with Gasteiger partial charge >= 0.3 is 0 Å². The van der Waals surface area contributed by atoms with Gasteiger partial charge in [-0.05, 0) is 31.6 Å². The van der Waals surface area contributed by atoms with Crippen molar-refractivity contribution in [2.75, 3.05) is 26.2 Å². The first-order valence-electron chi connectivity index (χ1n) is 9.57. The summed E-state index contributed by atoms with van der Waals surface area (Å²) in [6.45, 7) is 10.5. The summed E-state index contributed by atoms with van der Waals surface area (Å²) in [5.74, 6) is 0.797. The number of likely N-dealkylation sites (N-methyl/N-ethyl adjacent to an activating group) is 1. The van der Waals surface area contributed by atoms with Crippen molar-refractivity contribution in [3.63, 3.8) is 0 Å². The van der Waals surface area contributed by atoms with Crippen molar-refractivity contribution in [2.24, 2.45) is 12.0 Å². The first-order valence-corrected chi connectivity index (χ1v) is 9.94. The number of benzene rings is 1. The molecule has 0 radical (unpaired) electrons. The predicted molar refractivity (Wildman–Crippen MR) is 129 cm³/mol. The van der Waals surface area contributed by atoms with Crippen LogP contribution in [-0.2, 0) is 13.6 Å². The summed E-state index contributed by atoms with van der Waals surface area (Å²) in [5.41, 5.74) is 2.22. The zero-order valence-electron chi connectivity index (χ0n) is 17.2. The number of halogens is 2. The molecule has 6 nitrogen and oxygen atoms in total. The molecule has 0 aliphatic carbocycles. The quantitative estimate of drug-likeness (QED) is 0.301. The van der Waals surface area contributed by atoms with Crippen LogP contribution in [0.1, 0.15) is 37.9 Å².